The van der Waals surface area contributed by atoms with E-state index in [2.05, 4.69) is 0 Å². The minimum Gasteiger partial charge on any atom is -1.00 e. The summed E-state index contributed by atoms with van der Waals surface area (Å²) in [4.78, 5) is 8.46. The summed E-state index contributed by atoms with van der Waals surface area (Å²) in [7, 11) is -1.75. The Morgan fingerprint density at radius 3 is 1.60 bits per heavy atom. The van der Waals surface area contributed by atoms with E-state index >= 15 is 0 Å². The third-order valence-electron chi connectivity index (χ3n) is 0. The Bertz CT molecular complexity index is 19.0. The van der Waals surface area contributed by atoms with Crippen LogP contribution in [0.25, 0.3) is 0 Å². The molecule has 0 aliphatic carbocycles. The van der Waals surface area contributed by atoms with E-state index in [0.29, 0.717) is 0 Å². The van der Waals surface area contributed by atoms with Gasteiger partial charge in [-0.15, -0.1) is 0 Å². The van der Waals surface area contributed by atoms with Gasteiger partial charge in [0.1, 0.15) is 0 Å². The molecule has 0 saturated heterocycles. The second-order valence-electron chi connectivity index (χ2n) is 0.0962. The van der Waals surface area contributed by atoms with Gasteiger partial charge in [0.25, 0.3) is 0 Å². The molecule has 0 bridgehead atoms. The minimum absolute atomic E-state index is 0. The SMILES string of the molecule is O=[PH2][O-].[H-].[Na+].[Na+]. The van der Waals surface area contributed by atoms with E-state index in [-0.39, 0.29) is 60.5 Å². The van der Waals surface area contributed by atoms with Crippen molar-refractivity contribution < 1.29 is 70.0 Å². The first-order valence-electron chi connectivity index (χ1n) is 0.471. The third-order valence-corrected chi connectivity index (χ3v) is 0. The molecule has 22 valence electrons. The van der Waals surface area contributed by atoms with Crippen LogP contribution in [0.3, 0.4) is 0 Å². The van der Waals surface area contributed by atoms with Gasteiger partial charge in [-0.05, 0) is 8.69 Å². The van der Waals surface area contributed by atoms with Crippen molar-refractivity contribution in [2.24, 2.45) is 0 Å². The fraction of sp³-hybridized carbons (Fsp3) is 0. The van der Waals surface area contributed by atoms with Gasteiger partial charge in [-0.25, -0.2) is 0 Å². The monoisotopic (exact) mass is 112 g/mol. The average molecular weight is 112 g/mol. The van der Waals surface area contributed by atoms with Crippen LogP contribution in [0.4, 0.5) is 0 Å². The minimum atomic E-state index is -1.75. The molecule has 2 nitrogen and oxygen atoms in total. The van der Waals surface area contributed by atoms with E-state index in [0.717, 1.165) is 0 Å². The molecule has 0 rings (SSSR count). The molecule has 0 radical (unpaired) electrons. The second-order valence-corrected chi connectivity index (χ2v) is 0.289. The maximum Gasteiger partial charge on any atom is 1.00 e. The van der Waals surface area contributed by atoms with Gasteiger partial charge < -0.3 is 10.9 Å². The van der Waals surface area contributed by atoms with Crippen LogP contribution in [-0.4, -0.2) is 0 Å². The normalized spacial score (nSPS) is 5.80. The van der Waals surface area contributed by atoms with Crippen LogP contribution in [0.1, 0.15) is 1.43 Å². The largest absolute Gasteiger partial charge is 1.00 e. The first-order chi connectivity index (χ1) is 1.41. The standard InChI is InChI=1S/2Na.H3O2P.H/c;;1-3-2;/h;;3H2,(H,1,2);/q2*+1;;-1/p-1. The van der Waals surface area contributed by atoms with Crippen molar-refractivity contribution in [3.8, 4) is 0 Å². The van der Waals surface area contributed by atoms with E-state index in [1.165, 1.54) is 0 Å². The van der Waals surface area contributed by atoms with Crippen molar-refractivity contribution in [3.05, 3.63) is 0 Å². The molecule has 0 heterocycles. The zero-order chi connectivity index (χ0) is 2.71. The van der Waals surface area contributed by atoms with Gasteiger partial charge >= 0.3 is 59.1 Å². The van der Waals surface area contributed by atoms with Crippen molar-refractivity contribution >= 4 is 8.69 Å². The summed E-state index contributed by atoms with van der Waals surface area (Å²) in [5.74, 6) is 0. The molecule has 0 aromatic heterocycles. The van der Waals surface area contributed by atoms with E-state index in [1.807, 2.05) is 0 Å². The Kier molecular flexibility index (Phi) is 51.4. The van der Waals surface area contributed by atoms with E-state index in [1.54, 1.807) is 0 Å². The fourth-order valence-corrected chi connectivity index (χ4v) is 0. The smallest absolute Gasteiger partial charge is 1.00 e. The predicted molar refractivity (Wildman–Crippen MR) is 11.5 cm³/mol. The molecule has 0 aliphatic rings. The molecule has 0 aromatic rings. The van der Waals surface area contributed by atoms with Crippen molar-refractivity contribution in [2.45, 2.75) is 0 Å². The van der Waals surface area contributed by atoms with Gasteiger partial charge in [0.2, 0.25) is 0 Å². The maximum absolute atomic E-state index is 8.46. The molecular weight excluding hydrogens is 109 g/mol. The molecule has 0 aromatic carbocycles. The molecule has 1 atom stereocenters. The maximum atomic E-state index is 8.46. The third kappa shape index (κ3) is 22.7. The van der Waals surface area contributed by atoms with Crippen LogP contribution in [0.2, 0.25) is 0 Å². The van der Waals surface area contributed by atoms with Crippen LogP contribution in [0, 0.1) is 0 Å². The summed E-state index contributed by atoms with van der Waals surface area (Å²) >= 11 is 0. The average Bonchev–Trinajstić information content (AvgIpc) is 0.918. The van der Waals surface area contributed by atoms with E-state index < -0.39 is 8.69 Å². The van der Waals surface area contributed by atoms with Crippen molar-refractivity contribution in [1.82, 2.24) is 0 Å². The number of rotatable bonds is 0. The van der Waals surface area contributed by atoms with E-state index in [9.17, 15) is 0 Å². The molecule has 0 aliphatic heterocycles. The van der Waals surface area contributed by atoms with E-state index in [4.69, 9.17) is 9.46 Å². The quantitative estimate of drug-likeness (QED) is 0.231. The van der Waals surface area contributed by atoms with Gasteiger partial charge in [0.05, 0.1) is 0 Å². The summed E-state index contributed by atoms with van der Waals surface area (Å²) in [6.45, 7) is 0. The zero-order valence-corrected chi connectivity index (χ0v) is 8.55. The Hall–Kier alpha value is 2.19. The van der Waals surface area contributed by atoms with Gasteiger partial charge in [-0.3, -0.25) is 0 Å². The van der Waals surface area contributed by atoms with Crippen LogP contribution in [0.5, 0.6) is 0 Å². The first-order valence-corrected chi connectivity index (χ1v) is 1.41. The van der Waals surface area contributed by atoms with Crippen LogP contribution >= 0.6 is 8.69 Å². The van der Waals surface area contributed by atoms with Crippen LogP contribution in [0.15, 0.2) is 0 Å². The molecule has 5 heavy (non-hydrogen) atoms. The molecule has 0 spiro atoms. The number of hydrogen-bond acceptors (Lipinski definition) is 2. The van der Waals surface area contributed by atoms with Gasteiger partial charge in [-0.2, -0.15) is 0 Å². The van der Waals surface area contributed by atoms with Gasteiger partial charge in [0.15, 0.2) is 0 Å². The summed E-state index contributed by atoms with van der Waals surface area (Å²) in [6, 6.07) is 0. The van der Waals surface area contributed by atoms with Crippen molar-refractivity contribution in [3.63, 3.8) is 0 Å². The topological polar surface area (TPSA) is 40.1 Å². The fourth-order valence-electron chi connectivity index (χ4n) is 0. The molecule has 5 heteroatoms. The molecular formula is H3Na2O2P. The Labute approximate surface area is 77.7 Å². The van der Waals surface area contributed by atoms with Crippen molar-refractivity contribution in [2.75, 3.05) is 0 Å². The van der Waals surface area contributed by atoms with Crippen LogP contribution < -0.4 is 64.0 Å². The number of hydrogen-bond donors (Lipinski definition) is 0. The van der Waals surface area contributed by atoms with Gasteiger partial charge in [-0.1, -0.05) is 0 Å². The van der Waals surface area contributed by atoms with Crippen molar-refractivity contribution in [1.29, 1.82) is 0 Å². The van der Waals surface area contributed by atoms with Crippen LogP contribution in [-0.2, 0) is 4.57 Å². The first kappa shape index (κ1) is 15.7. The molecule has 0 amide bonds. The molecule has 1 unspecified atom stereocenters. The summed E-state index contributed by atoms with van der Waals surface area (Å²) < 4.78 is 8.46. The zero-order valence-electron chi connectivity index (χ0n) is 4.39. The van der Waals surface area contributed by atoms with Gasteiger partial charge in [0, 0.05) is 0 Å². The Balaban J connectivity index is -0.00000000667. The molecule has 0 saturated carbocycles. The molecule has 0 N–H and O–H groups in total. The predicted octanol–water partition coefficient (Wildman–Crippen LogP) is -6.86. The summed E-state index contributed by atoms with van der Waals surface area (Å²) in [5.41, 5.74) is 0. The Morgan fingerprint density at radius 2 is 1.60 bits per heavy atom. The second kappa shape index (κ2) is 16.4. The molecule has 0 fully saturated rings. The summed E-state index contributed by atoms with van der Waals surface area (Å²) in [6.07, 6.45) is 0. The summed E-state index contributed by atoms with van der Waals surface area (Å²) in [5, 5.41) is 0. The Morgan fingerprint density at radius 1 is 1.60 bits per heavy atom.